The van der Waals surface area contributed by atoms with Gasteiger partial charge in [0.05, 0.1) is 6.10 Å². The van der Waals surface area contributed by atoms with Crippen LogP contribution in [0.2, 0.25) is 0 Å². The minimum atomic E-state index is -0.322. The highest BCUT2D eigenvalue weighted by Crippen LogP contribution is 2.59. The van der Waals surface area contributed by atoms with Crippen molar-refractivity contribution in [2.45, 2.75) is 118 Å². The summed E-state index contributed by atoms with van der Waals surface area (Å²) >= 11 is 0. The van der Waals surface area contributed by atoms with Crippen LogP contribution in [0.1, 0.15) is 112 Å². The zero-order chi connectivity index (χ0) is 22.3. The summed E-state index contributed by atoms with van der Waals surface area (Å²) in [6, 6.07) is 0. The van der Waals surface area contributed by atoms with Crippen molar-refractivity contribution in [2.24, 2.45) is 29.1 Å². The standard InChI is InChI=1S/C27H44O.C2H6/c1-19(2)8-6-9-20(3)24-15-16-25-23(10-7-17-27(24,25)5)14-13-22-12-11-21(4)26(28)18-22;1-2/h13-14,19-20,24-26,28H,4,6-12,15-18H2,1-3,5H3;1-2H3/b22-13-,23-14+;. The fourth-order valence-corrected chi connectivity index (χ4v) is 6.62. The van der Waals surface area contributed by atoms with Gasteiger partial charge in [-0.3, -0.25) is 0 Å². The number of hydrogen-bond acceptors (Lipinski definition) is 1. The summed E-state index contributed by atoms with van der Waals surface area (Å²) in [4.78, 5) is 0. The van der Waals surface area contributed by atoms with E-state index in [0.717, 1.165) is 48.5 Å². The predicted octanol–water partition coefficient (Wildman–Crippen LogP) is 8.65. The van der Waals surface area contributed by atoms with Crippen molar-refractivity contribution in [1.29, 1.82) is 0 Å². The monoisotopic (exact) mass is 414 g/mol. The van der Waals surface area contributed by atoms with Gasteiger partial charge >= 0.3 is 0 Å². The molecule has 30 heavy (non-hydrogen) atoms. The lowest BCUT2D eigenvalue weighted by Gasteiger charge is -2.44. The smallest absolute Gasteiger partial charge is 0.0784 e. The minimum Gasteiger partial charge on any atom is -0.388 e. The van der Waals surface area contributed by atoms with E-state index in [1.807, 2.05) is 13.8 Å². The lowest BCUT2D eigenvalue weighted by Crippen LogP contribution is -2.36. The number of allylic oxidation sites excluding steroid dienone is 3. The molecule has 1 heteroatoms. The first-order chi connectivity index (χ1) is 14.3. The van der Waals surface area contributed by atoms with E-state index in [-0.39, 0.29) is 6.10 Å². The van der Waals surface area contributed by atoms with Crippen LogP contribution in [0, 0.1) is 29.1 Å². The summed E-state index contributed by atoms with van der Waals surface area (Å²) in [6.45, 7) is 17.9. The predicted molar refractivity (Wildman–Crippen MR) is 133 cm³/mol. The van der Waals surface area contributed by atoms with Gasteiger partial charge in [0.15, 0.2) is 0 Å². The van der Waals surface area contributed by atoms with Gasteiger partial charge in [-0.05, 0) is 86.0 Å². The molecule has 1 nitrogen and oxygen atoms in total. The summed E-state index contributed by atoms with van der Waals surface area (Å²) in [5, 5.41) is 10.1. The van der Waals surface area contributed by atoms with Crippen LogP contribution in [-0.4, -0.2) is 11.2 Å². The molecule has 3 fully saturated rings. The maximum absolute atomic E-state index is 10.1. The third kappa shape index (κ3) is 6.12. The van der Waals surface area contributed by atoms with Crippen LogP contribution in [0.4, 0.5) is 0 Å². The van der Waals surface area contributed by atoms with Crippen LogP contribution in [-0.2, 0) is 0 Å². The molecule has 5 unspecified atom stereocenters. The first kappa shape index (κ1) is 25.4. The minimum absolute atomic E-state index is 0.322. The molecule has 0 aromatic carbocycles. The van der Waals surface area contributed by atoms with Crippen molar-refractivity contribution in [1.82, 2.24) is 0 Å². The second kappa shape index (κ2) is 11.7. The molecule has 0 aromatic rings. The molecular weight excluding hydrogens is 364 g/mol. The molecule has 0 bridgehead atoms. The van der Waals surface area contributed by atoms with Gasteiger partial charge < -0.3 is 5.11 Å². The Hall–Kier alpha value is -0.820. The summed E-state index contributed by atoms with van der Waals surface area (Å²) in [5.74, 6) is 3.40. The highest BCUT2D eigenvalue weighted by Gasteiger charge is 2.50. The number of aliphatic hydroxyl groups is 1. The molecule has 3 aliphatic rings. The van der Waals surface area contributed by atoms with Crippen LogP contribution in [0.5, 0.6) is 0 Å². The molecule has 1 N–H and O–H groups in total. The second-order valence-corrected chi connectivity index (χ2v) is 10.8. The lowest BCUT2D eigenvalue weighted by atomic mass is 9.60. The van der Waals surface area contributed by atoms with E-state index in [1.54, 1.807) is 5.57 Å². The van der Waals surface area contributed by atoms with E-state index in [2.05, 4.69) is 46.4 Å². The normalized spacial score (nSPS) is 35.3. The fraction of sp³-hybridized carbons (Fsp3) is 0.793. The fourth-order valence-electron chi connectivity index (χ4n) is 6.62. The third-order valence-electron chi connectivity index (χ3n) is 8.39. The quantitative estimate of drug-likeness (QED) is 0.431. The summed E-state index contributed by atoms with van der Waals surface area (Å²) in [7, 11) is 0. The molecule has 0 amide bonds. The van der Waals surface area contributed by atoms with Gasteiger partial charge in [-0.25, -0.2) is 0 Å². The third-order valence-corrected chi connectivity index (χ3v) is 8.39. The highest BCUT2D eigenvalue weighted by molar-refractivity contribution is 5.28. The molecule has 5 atom stereocenters. The zero-order valence-corrected chi connectivity index (χ0v) is 21.0. The Morgan fingerprint density at radius 1 is 1.07 bits per heavy atom. The van der Waals surface area contributed by atoms with Crippen molar-refractivity contribution in [2.75, 3.05) is 0 Å². The Bertz CT molecular complexity index is 610. The van der Waals surface area contributed by atoms with Crippen LogP contribution in [0.15, 0.2) is 35.5 Å². The van der Waals surface area contributed by atoms with Crippen molar-refractivity contribution < 1.29 is 5.11 Å². The van der Waals surface area contributed by atoms with Gasteiger partial charge in [-0.2, -0.15) is 0 Å². The molecule has 0 aromatic heterocycles. The lowest BCUT2D eigenvalue weighted by molar-refractivity contribution is 0.0929. The topological polar surface area (TPSA) is 20.2 Å². The molecule has 3 rings (SSSR count). The van der Waals surface area contributed by atoms with Crippen LogP contribution < -0.4 is 0 Å². The van der Waals surface area contributed by atoms with Gasteiger partial charge in [0.2, 0.25) is 0 Å². The van der Waals surface area contributed by atoms with Crippen LogP contribution >= 0.6 is 0 Å². The van der Waals surface area contributed by atoms with Gasteiger partial charge in [0.1, 0.15) is 0 Å². The number of aliphatic hydroxyl groups excluding tert-OH is 1. The summed E-state index contributed by atoms with van der Waals surface area (Å²) in [6.07, 6.45) is 18.4. The van der Waals surface area contributed by atoms with Crippen molar-refractivity contribution >= 4 is 0 Å². The van der Waals surface area contributed by atoms with Crippen LogP contribution in [0.25, 0.3) is 0 Å². The molecular formula is C29H50O. The van der Waals surface area contributed by atoms with E-state index in [0.29, 0.717) is 5.41 Å². The van der Waals surface area contributed by atoms with E-state index in [4.69, 9.17) is 0 Å². The highest BCUT2D eigenvalue weighted by atomic mass is 16.3. The maximum atomic E-state index is 10.1. The van der Waals surface area contributed by atoms with E-state index in [9.17, 15) is 5.11 Å². The van der Waals surface area contributed by atoms with Crippen LogP contribution in [0.3, 0.4) is 0 Å². The van der Waals surface area contributed by atoms with E-state index >= 15 is 0 Å². The second-order valence-electron chi connectivity index (χ2n) is 10.8. The zero-order valence-electron chi connectivity index (χ0n) is 21.0. The van der Waals surface area contributed by atoms with E-state index in [1.165, 1.54) is 56.9 Å². The van der Waals surface area contributed by atoms with Crippen molar-refractivity contribution in [3.05, 3.63) is 35.5 Å². The molecule has 0 saturated heterocycles. The number of hydrogen-bond donors (Lipinski definition) is 1. The Morgan fingerprint density at radius 3 is 2.47 bits per heavy atom. The van der Waals surface area contributed by atoms with Gasteiger partial charge in [-0.15, -0.1) is 0 Å². The average molecular weight is 415 g/mol. The first-order valence-electron chi connectivity index (χ1n) is 13.1. The number of rotatable bonds is 6. The largest absolute Gasteiger partial charge is 0.388 e. The Morgan fingerprint density at radius 2 is 1.80 bits per heavy atom. The van der Waals surface area contributed by atoms with Gasteiger partial charge in [0.25, 0.3) is 0 Å². The summed E-state index contributed by atoms with van der Waals surface area (Å²) in [5.41, 5.74) is 4.65. The Balaban J connectivity index is 0.00000155. The molecule has 0 spiro atoms. The van der Waals surface area contributed by atoms with E-state index < -0.39 is 0 Å². The average Bonchev–Trinajstić information content (AvgIpc) is 3.07. The van der Waals surface area contributed by atoms with Crippen molar-refractivity contribution in [3.8, 4) is 0 Å². The van der Waals surface area contributed by atoms with Gasteiger partial charge in [0, 0.05) is 0 Å². The molecule has 3 saturated carbocycles. The molecule has 0 heterocycles. The Kier molecular flexibility index (Phi) is 9.92. The molecule has 3 aliphatic carbocycles. The van der Waals surface area contributed by atoms with Gasteiger partial charge in [-0.1, -0.05) is 90.7 Å². The first-order valence-corrected chi connectivity index (χ1v) is 13.1. The maximum Gasteiger partial charge on any atom is 0.0784 e. The Labute approximate surface area is 188 Å². The molecule has 0 radical (unpaired) electrons. The number of fused-ring (bicyclic) bond motifs is 1. The summed E-state index contributed by atoms with van der Waals surface area (Å²) < 4.78 is 0. The molecule has 0 aliphatic heterocycles. The SMILES string of the molecule is C=C1CC/C(=C/C=C2\CCCC3(C)C2CCC3C(C)CCCC(C)C)CC1O.CC. The van der Waals surface area contributed by atoms with Crippen molar-refractivity contribution in [3.63, 3.8) is 0 Å². The molecule has 172 valence electrons.